The van der Waals surface area contributed by atoms with Crippen LogP contribution in [0.2, 0.25) is 5.02 Å². The molecule has 1 aromatic carbocycles. The van der Waals surface area contributed by atoms with Crippen LogP contribution in [0.1, 0.15) is 18.9 Å². The van der Waals surface area contributed by atoms with E-state index in [2.05, 4.69) is 0 Å². The van der Waals surface area contributed by atoms with Crippen molar-refractivity contribution in [2.24, 2.45) is 0 Å². The van der Waals surface area contributed by atoms with Gasteiger partial charge in [-0.25, -0.2) is 8.42 Å². The fraction of sp³-hybridized carbons (Fsp3) is 0.278. The van der Waals surface area contributed by atoms with Gasteiger partial charge < -0.3 is 0 Å². The molecule has 134 valence electrons. The van der Waals surface area contributed by atoms with Crippen molar-refractivity contribution in [1.29, 1.82) is 5.26 Å². The third-order valence-electron chi connectivity index (χ3n) is 4.53. The van der Waals surface area contributed by atoms with Crippen LogP contribution in [0.15, 0.2) is 41.0 Å². The Morgan fingerprint density at radius 1 is 1.23 bits per heavy atom. The summed E-state index contributed by atoms with van der Waals surface area (Å²) in [4.78, 5) is 26.5. The molecule has 2 heterocycles. The zero-order chi connectivity index (χ0) is 19.1. The van der Waals surface area contributed by atoms with Crippen LogP contribution in [0.25, 0.3) is 6.08 Å². The fourth-order valence-corrected chi connectivity index (χ4v) is 4.96. The Morgan fingerprint density at radius 3 is 2.42 bits per heavy atom. The van der Waals surface area contributed by atoms with Gasteiger partial charge in [0.05, 0.1) is 17.5 Å². The topological polar surface area (TPSA) is 95.3 Å². The highest BCUT2D eigenvalue weighted by Crippen LogP contribution is 2.31. The maximum atomic E-state index is 12.9. The van der Waals surface area contributed by atoms with Crippen molar-refractivity contribution in [1.82, 2.24) is 4.90 Å². The standard InChI is InChI=1S/C18H15ClN2O4S/c1-11-15(8-12-2-4-13(19)5-3-12)17(22)21(18(23)16(11)9-20)14-6-7-26(24,25)10-14/h2-5,8,14H,6-7,10H2,1H3. The van der Waals surface area contributed by atoms with Gasteiger partial charge in [-0.2, -0.15) is 5.26 Å². The number of halogens is 1. The van der Waals surface area contributed by atoms with Gasteiger partial charge in [-0.05, 0) is 42.7 Å². The van der Waals surface area contributed by atoms with Gasteiger partial charge in [0.25, 0.3) is 11.8 Å². The maximum absolute atomic E-state index is 12.9. The molecule has 0 N–H and O–H groups in total. The molecule has 3 rings (SSSR count). The number of hydrogen-bond donors (Lipinski definition) is 0. The summed E-state index contributed by atoms with van der Waals surface area (Å²) in [6, 6.07) is 7.85. The molecule has 6 nitrogen and oxygen atoms in total. The van der Waals surface area contributed by atoms with Gasteiger partial charge >= 0.3 is 0 Å². The molecule has 8 heteroatoms. The second kappa shape index (κ2) is 6.71. The summed E-state index contributed by atoms with van der Waals surface area (Å²) in [6.07, 6.45) is 1.76. The van der Waals surface area contributed by atoms with Crippen molar-refractivity contribution in [3.05, 3.63) is 51.6 Å². The zero-order valence-corrected chi connectivity index (χ0v) is 15.5. The number of hydrogen-bond acceptors (Lipinski definition) is 5. The van der Waals surface area contributed by atoms with Gasteiger partial charge in [-0.1, -0.05) is 23.7 Å². The van der Waals surface area contributed by atoms with Crippen molar-refractivity contribution in [2.75, 3.05) is 11.5 Å². The Morgan fingerprint density at radius 2 is 1.88 bits per heavy atom. The molecule has 0 aromatic heterocycles. The summed E-state index contributed by atoms with van der Waals surface area (Å²) < 4.78 is 23.5. The first kappa shape index (κ1) is 18.4. The first-order valence-electron chi connectivity index (χ1n) is 7.90. The Labute approximate surface area is 156 Å². The van der Waals surface area contributed by atoms with Crippen molar-refractivity contribution in [3.63, 3.8) is 0 Å². The van der Waals surface area contributed by atoms with Crippen molar-refractivity contribution >= 4 is 39.3 Å². The largest absolute Gasteiger partial charge is 0.271 e. The molecule has 2 aliphatic rings. The summed E-state index contributed by atoms with van der Waals surface area (Å²) in [7, 11) is -3.29. The molecule has 0 radical (unpaired) electrons. The molecule has 2 aliphatic heterocycles. The van der Waals surface area contributed by atoms with E-state index in [0.717, 1.165) is 4.90 Å². The zero-order valence-electron chi connectivity index (χ0n) is 13.9. The average molecular weight is 391 g/mol. The molecular weight excluding hydrogens is 376 g/mol. The molecule has 1 atom stereocenters. The van der Waals surface area contributed by atoms with E-state index in [1.807, 2.05) is 6.07 Å². The lowest BCUT2D eigenvalue weighted by atomic mass is 9.92. The van der Waals surface area contributed by atoms with Crippen molar-refractivity contribution < 1.29 is 18.0 Å². The number of benzene rings is 1. The molecule has 0 aliphatic carbocycles. The number of rotatable bonds is 2. The summed E-state index contributed by atoms with van der Waals surface area (Å²) in [5, 5.41) is 9.91. The smallest absolute Gasteiger partial charge is 0.270 e. The molecule has 1 unspecified atom stereocenters. The highest BCUT2D eigenvalue weighted by atomic mass is 35.5. The van der Waals surface area contributed by atoms with E-state index in [1.165, 1.54) is 0 Å². The third kappa shape index (κ3) is 3.30. The van der Waals surface area contributed by atoms with Crippen LogP contribution in [0.4, 0.5) is 0 Å². The first-order valence-corrected chi connectivity index (χ1v) is 10.1. The van der Waals surface area contributed by atoms with Crippen LogP contribution < -0.4 is 0 Å². The second-order valence-corrected chi connectivity index (χ2v) is 8.92. The Bertz CT molecular complexity index is 1000. The van der Waals surface area contributed by atoms with Gasteiger partial charge in [-0.15, -0.1) is 0 Å². The monoisotopic (exact) mass is 390 g/mol. The van der Waals surface area contributed by atoms with E-state index in [-0.39, 0.29) is 34.6 Å². The van der Waals surface area contributed by atoms with E-state index < -0.39 is 27.7 Å². The van der Waals surface area contributed by atoms with Gasteiger partial charge in [0, 0.05) is 10.6 Å². The number of carbonyl (C=O) groups is 2. The lowest BCUT2D eigenvalue weighted by molar-refractivity contribution is -0.142. The number of amides is 2. The van der Waals surface area contributed by atoms with Gasteiger partial charge in [0.2, 0.25) is 0 Å². The van der Waals surface area contributed by atoms with Crippen LogP contribution >= 0.6 is 11.6 Å². The molecule has 0 bridgehead atoms. The molecule has 1 fully saturated rings. The number of nitriles is 1. The van der Waals surface area contributed by atoms with Crippen LogP contribution in [0, 0.1) is 11.3 Å². The predicted molar refractivity (Wildman–Crippen MR) is 96.7 cm³/mol. The fourth-order valence-electron chi connectivity index (χ4n) is 3.14. The minimum atomic E-state index is -3.29. The van der Waals surface area contributed by atoms with E-state index in [0.29, 0.717) is 10.6 Å². The van der Waals surface area contributed by atoms with E-state index >= 15 is 0 Å². The number of nitrogens with zero attached hydrogens (tertiary/aromatic N) is 2. The van der Waals surface area contributed by atoms with Gasteiger partial charge in [-0.3, -0.25) is 14.5 Å². The third-order valence-corrected chi connectivity index (χ3v) is 6.53. The first-order chi connectivity index (χ1) is 12.2. The maximum Gasteiger partial charge on any atom is 0.271 e. The molecular formula is C18H15ClN2O4S. The quantitative estimate of drug-likeness (QED) is 0.569. The van der Waals surface area contributed by atoms with Crippen molar-refractivity contribution in [2.45, 2.75) is 19.4 Å². The van der Waals surface area contributed by atoms with Crippen LogP contribution in [0.3, 0.4) is 0 Å². The van der Waals surface area contributed by atoms with Crippen LogP contribution in [-0.4, -0.2) is 42.7 Å². The Balaban J connectivity index is 2.08. The van der Waals surface area contributed by atoms with E-state index in [9.17, 15) is 23.3 Å². The highest BCUT2D eigenvalue weighted by Gasteiger charge is 2.43. The Kier molecular flexibility index (Phi) is 4.74. The van der Waals surface area contributed by atoms with E-state index in [1.54, 1.807) is 37.3 Å². The van der Waals surface area contributed by atoms with Crippen molar-refractivity contribution in [3.8, 4) is 6.07 Å². The van der Waals surface area contributed by atoms with Crippen LogP contribution in [0.5, 0.6) is 0 Å². The summed E-state index contributed by atoms with van der Waals surface area (Å²) in [5.74, 6) is -1.65. The molecule has 2 amide bonds. The molecule has 0 spiro atoms. The van der Waals surface area contributed by atoms with Crippen LogP contribution in [-0.2, 0) is 19.4 Å². The van der Waals surface area contributed by atoms with Gasteiger partial charge in [0.1, 0.15) is 11.6 Å². The number of sulfone groups is 1. The minimum absolute atomic E-state index is 0.0739. The molecule has 1 aromatic rings. The second-order valence-electron chi connectivity index (χ2n) is 6.26. The normalized spacial score (nSPS) is 24.3. The number of carbonyl (C=O) groups excluding carboxylic acids is 2. The summed E-state index contributed by atoms with van der Waals surface area (Å²) >= 11 is 5.86. The average Bonchev–Trinajstić information content (AvgIpc) is 2.93. The summed E-state index contributed by atoms with van der Waals surface area (Å²) in [6.45, 7) is 1.54. The molecule has 1 saturated heterocycles. The Hall–Kier alpha value is -2.43. The molecule has 26 heavy (non-hydrogen) atoms. The molecule has 0 saturated carbocycles. The lowest BCUT2D eigenvalue weighted by Crippen LogP contribution is -2.49. The summed E-state index contributed by atoms with van der Waals surface area (Å²) in [5.41, 5.74) is 1.03. The highest BCUT2D eigenvalue weighted by molar-refractivity contribution is 7.91. The van der Waals surface area contributed by atoms with Gasteiger partial charge in [0.15, 0.2) is 9.84 Å². The number of imide groups is 1. The minimum Gasteiger partial charge on any atom is -0.270 e. The van der Waals surface area contributed by atoms with E-state index in [4.69, 9.17) is 11.6 Å². The predicted octanol–water partition coefficient (Wildman–Crippen LogP) is 2.12. The SMILES string of the molecule is CC1=C(C#N)C(=O)N(C2CCS(=O)(=O)C2)C(=O)C1=Cc1ccc(Cl)cc1. The lowest BCUT2D eigenvalue weighted by Gasteiger charge is -2.31.